The highest BCUT2D eigenvalue weighted by molar-refractivity contribution is 9.10. The molecule has 4 nitrogen and oxygen atoms in total. The van der Waals surface area contributed by atoms with Crippen LogP contribution in [0.5, 0.6) is 5.75 Å². The van der Waals surface area contributed by atoms with Crippen molar-refractivity contribution in [1.82, 2.24) is 9.38 Å². The Kier molecular flexibility index (Phi) is 3.60. The van der Waals surface area contributed by atoms with Crippen LogP contribution in [0.15, 0.2) is 47.1 Å². The average molecular weight is 393 g/mol. The van der Waals surface area contributed by atoms with E-state index in [1.54, 1.807) is 24.3 Å². The van der Waals surface area contributed by atoms with Gasteiger partial charge in [0.05, 0.1) is 5.69 Å². The lowest BCUT2D eigenvalue weighted by molar-refractivity contribution is -0.0505. The zero-order valence-electron chi connectivity index (χ0n) is 12.2. The zero-order chi connectivity index (χ0) is 16.8. The maximum Gasteiger partial charge on any atom is 0.387 e. The van der Waals surface area contributed by atoms with E-state index >= 15 is 0 Å². The van der Waals surface area contributed by atoms with Gasteiger partial charge in [-0.3, -0.25) is 4.79 Å². The Morgan fingerprint density at radius 2 is 2.04 bits per heavy atom. The molecule has 24 heavy (non-hydrogen) atoms. The first kappa shape index (κ1) is 15.3. The number of halogens is 3. The van der Waals surface area contributed by atoms with Gasteiger partial charge in [-0.15, -0.1) is 0 Å². The molecule has 1 aliphatic rings. The number of alkyl halides is 2. The van der Waals surface area contributed by atoms with Crippen molar-refractivity contribution in [1.29, 1.82) is 0 Å². The van der Waals surface area contributed by atoms with Crippen molar-refractivity contribution in [2.24, 2.45) is 0 Å². The second-order valence-electron chi connectivity index (χ2n) is 5.52. The Bertz CT molecular complexity index is 955. The molecule has 122 valence electrons. The van der Waals surface area contributed by atoms with Gasteiger partial charge < -0.3 is 9.14 Å². The van der Waals surface area contributed by atoms with Crippen molar-refractivity contribution in [3.8, 4) is 5.75 Å². The number of aromatic nitrogens is 2. The minimum atomic E-state index is -2.92. The number of imidazole rings is 1. The van der Waals surface area contributed by atoms with Crippen LogP contribution in [0.25, 0.3) is 5.65 Å². The molecule has 1 aromatic carbocycles. The minimum absolute atomic E-state index is 0.0862. The summed E-state index contributed by atoms with van der Waals surface area (Å²) in [6, 6.07) is 10.2. The minimum Gasteiger partial charge on any atom is -0.435 e. The molecular formula is C17H11BrF2N2O2. The molecule has 0 amide bonds. The number of benzene rings is 1. The van der Waals surface area contributed by atoms with Crippen LogP contribution in [0.2, 0.25) is 0 Å². The molecule has 2 aromatic heterocycles. The third kappa shape index (κ3) is 2.39. The van der Waals surface area contributed by atoms with Crippen LogP contribution >= 0.6 is 15.9 Å². The van der Waals surface area contributed by atoms with E-state index in [0.29, 0.717) is 22.6 Å². The normalized spacial score (nSPS) is 16.8. The van der Waals surface area contributed by atoms with E-state index in [-0.39, 0.29) is 23.9 Å². The second-order valence-corrected chi connectivity index (χ2v) is 6.43. The molecule has 2 heterocycles. The monoisotopic (exact) mass is 392 g/mol. The van der Waals surface area contributed by atoms with Gasteiger partial charge in [-0.2, -0.15) is 8.78 Å². The van der Waals surface area contributed by atoms with Crippen LogP contribution < -0.4 is 4.74 Å². The van der Waals surface area contributed by atoms with E-state index < -0.39 is 6.61 Å². The highest BCUT2D eigenvalue weighted by Crippen LogP contribution is 2.42. The summed E-state index contributed by atoms with van der Waals surface area (Å²) < 4.78 is 32.7. The molecule has 7 heteroatoms. The van der Waals surface area contributed by atoms with Gasteiger partial charge in [0.15, 0.2) is 5.78 Å². The number of hydrogen-bond acceptors (Lipinski definition) is 3. The molecule has 0 radical (unpaired) electrons. The summed E-state index contributed by atoms with van der Waals surface area (Å²) in [7, 11) is 0. The van der Waals surface area contributed by atoms with Crippen LogP contribution in [-0.2, 0) is 0 Å². The van der Waals surface area contributed by atoms with Crippen molar-refractivity contribution in [2.45, 2.75) is 19.0 Å². The Balaban J connectivity index is 1.90. The SMILES string of the molecule is O=C1CC(c2ccccc2OC(F)F)c2c1nc1ccc(Br)cn21. The van der Waals surface area contributed by atoms with Gasteiger partial charge >= 0.3 is 6.61 Å². The van der Waals surface area contributed by atoms with E-state index in [4.69, 9.17) is 0 Å². The largest absolute Gasteiger partial charge is 0.435 e. The molecule has 0 spiro atoms. The van der Waals surface area contributed by atoms with Crippen molar-refractivity contribution < 1.29 is 18.3 Å². The maximum atomic E-state index is 12.7. The van der Waals surface area contributed by atoms with Gasteiger partial charge in [-0.25, -0.2) is 4.98 Å². The molecule has 1 atom stereocenters. The number of hydrogen-bond donors (Lipinski definition) is 0. The highest BCUT2D eigenvalue weighted by atomic mass is 79.9. The summed E-state index contributed by atoms with van der Waals surface area (Å²) in [6.45, 7) is -2.92. The predicted molar refractivity (Wildman–Crippen MR) is 86.8 cm³/mol. The van der Waals surface area contributed by atoms with E-state index in [9.17, 15) is 13.6 Å². The molecule has 0 saturated carbocycles. The highest BCUT2D eigenvalue weighted by Gasteiger charge is 2.37. The number of carbonyl (C=O) groups excluding carboxylic acids is 1. The first-order valence-electron chi connectivity index (χ1n) is 7.29. The number of para-hydroxylation sites is 1. The fraction of sp³-hybridized carbons (Fsp3) is 0.176. The number of fused-ring (bicyclic) bond motifs is 3. The van der Waals surface area contributed by atoms with Crippen LogP contribution in [0.1, 0.15) is 34.1 Å². The number of ketones is 1. The second kappa shape index (κ2) is 5.66. The summed E-state index contributed by atoms with van der Waals surface area (Å²) >= 11 is 3.41. The van der Waals surface area contributed by atoms with Crippen LogP contribution in [-0.4, -0.2) is 21.8 Å². The third-order valence-electron chi connectivity index (χ3n) is 4.11. The van der Waals surface area contributed by atoms with E-state index in [2.05, 4.69) is 25.7 Å². The number of rotatable bonds is 3. The molecule has 0 bridgehead atoms. The third-order valence-corrected chi connectivity index (χ3v) is 4.58. The molecular weight excluding hydrogens is 382 g/mol. The van der Waals surface area contributed by atoms with E-state index in [1.165, 1.54) is 6.07 Å². The molecule has 0 N–H and O–H groups in total. The summed E-state index contributed by atoms with van der Waals surface area (Å²) in [6.07, 6.45) is 2.01. The van der Waals surface area contributed by atoms with E-state index in [1.807, 2.05) is 16.7 Å². The lowest BCUT2D eigenvalue weighted by atomic mass is 9.95. The fourth-order valence-corrected chi connectivity index (χ4v) is 3.52. The average Bonchev–Trinajstić information content (AvgIpc) is 3.05. The Morgan fingerprint density at radius 1 is 1.25 bits per heavy atom. The van der Waals surface area contributed by atoms with Gasteiger partial charge in [0.25, 0.3) is 0 Å². The van der Waals surface area contributed by atoms with Crippen molar-refractivity contribution in [2.75, 3.05) is 0 Å². The molecule has 0 saturated heterocycles. The lowest BCUT2D eigenvalue weighted by Crippen LogP contribution is -2.08. The van der Waals surface area contributed by atoms with Crippen LogP contribution in [0.4, 0.5) is 8.78 Å². The molecule has 1 unspecified atom stereocenters. The van der Waals surface area contributed by atoms with Crippen molar-refractivity contribution in [3.05, 3.63) is 64.0 Å². The van der Waals surface area contributed by atoms with Crippen molar-refractivity contribution in [3.63, 3.8) is 0 Å². The molecule has 4 rings (SSSR count). The number of nitrogens with zero attached hydrogens (tertiary/aromatic N) is 2. The van der Waals surface area contributed by atoms with Gasteiger partial charge in [0.1, 0.15) is 17.1 Å². The Morgan fingerprint density at radius 3 is 2.83 bits per heavy atom. The number of ether oxygens (including phenoxy) is 1. The topological polar surface area (TPSA) is 43.6 Å². The Hall–Kier alpha value is -2.28. The van der Waals surface area contributed by atoms with E-state index in [0.717, 1.165) is 4.47 Å². The maximum absolute atomic E-state index is 12.7. The van der Waals surface area contributed by atoms with Gasteiger partial charge in [-0.05, 0) is 34.1 Å². The smallest absolute Gasteiger partial charge is 0.387 e. The first-order valence-corrected chi connectivity index (χ1v) is 8.08. The summed E-state index contributed by atoms with van der Waals surface area (Å²) in [5, 5.41) is 0. The fourth-order valence-electron chi connectivity index (χ4n) is 3.18. The molecule has 1 aliphatic carbocycles. The quantitative estimate of drug-likeness (QED) is 0.662. The van der Waals surface area contributed by atoms with Crippen LogP contribution in [0.3, 0.4) is 0 Å². The summed E-state index contributed by atoms with van der Waals surface area (Å²) in [5.41, 5.74) is 2.31. The first-order chi connectivity index (χ1) is 11.5. The number of carbonyl (C=O) groups is 1. The Labute approximate surface area is 144 Å². The summed E-state index contributed by atoms with van der Waals surface area (Å²) in [4.78, 5) is 16.7. The van der Waals surface area contributed by atoms with Gasteiger partial charge in [0, 0.05) is 28.6 Å². The van der Waals surface area contributed by atoms with Gasteiger partial charge in [0.2, 0.25) is 0 Å². The number of Topliss-reactive ketones (excluding diaryl/α,β-unsaturated/α-hetero) is 1. The molecule has 0 fully saturated rings. The standard InChI is InChI=1S/C17H11BrF2N2O2/c18-9-5-6-14-21-15-12(23)7-11(16(15)22(14)8-9)10-3-1-2-4-13(10)24-17(19)20/h1-6,8,11,17H,7H2. The van der Waals surface area contributed by atoms with Crippen LogP contribution in [0, 0.1) is 0 Å². The predicted octanol–water partition coefficient (Wildman–Crippen LogP) is 4.42. The lowest BCUT2D eigenvalue weighted by Gasteiger charge is -2.16. The van der Waals surface area contributed by atoms with Gasteiger partial charge in [-0.1, -0.05) is 18.2 Å². The number of pyridine rings is 1. The molecule has 3 aromatic rings. The zero-order valence-corrected chi connectivity index (χ0v) is 13.8. The summed E-state index contributed by atoms with van der Waals surface area (Å²) in [5.74, 6) is -0.378. The van der Waals surface area contributed by atoms with Crippen molar-refractivity contribution >= 4 is 27.4 Å². The molecule has 0 aliphatic heterocycles.